The maximum absolute atomic E-state index is 13.9. The molecule has 4 N–H and O–H groups in total. The lowest BCUT2D eigenvalue weighted by atomic mass is 9.90. The summed E-state index contributed by atoms with van der Waals surface area (Å²) in [6.07, 6.45) is 9.29. The van der Waals surface area contributed by atoms with Gasteiger partial charge in [0.05, 0.1) is 31.4 Å². The van der Waals surface area contributed by atoms with Gasteiger partial charge in [-0.25, -0.2) is 4.57 Å². The molecule has 56 heavy (non-hydrogen) atoms. The molecule has 0 radical (unpaired) electrons. The fraction of sp³-hybridized carbons (Fsp3) is 0.386. The van der Waals surface area contributed by atoms with Gasteiger partial charge < -0.3 is 25.6 Å². The van der Waals surface area contributed by atoms with E-state index < -0.39 is 25.8 Å². The molecule has 0 aromatic heterocycles. The molecule has 0 unspecified atom stereocenters. The zero-order valence-electron chi connectivity index (χ0n) is 32.0. The summed E-state index contributed by atoms with van der Waals surface area (Å²) in [4.78, 5) is 38.9. The van der Waals surface area contributed by atoms with E-state index in [1.807, 2.05) is 66.7 Å². The number of nitrogens with two attached hydrogens (primary N) is 1. The van der Waals surface area contributed by atoms with Crippen LogP contribution in [0.4, 0.5) is 0 Å². The van der Waals surface area contributed by atoms with Gasteiger partial charge in [-0.3, -0.25) is 23.4 Å². The second-order valence-corrected chi connectivity index (χ2v) is 16.3. The minimum Gasteiger partial charge on any atom is -0.492 e. The minimum absolute atomic E-state index is 0.0170. The number of carbonyl (C=O) groups excluding carboxylic acids is 3. The molecule has 0 spiro atoms. The normalized spacial score (nSPS) is 16.5. The van der Waals surface area contributed by atoms with Crippen molar-refractivity contribution < 1.29 is 37.3 Å². The topological polar surface area (TPSA) is 155 Å². The zero-order valence-corrected chi connectivity index (χ0v) is 32.8. The number of nitrogens with one attached hydrogen (secondary N) is 2. The SMILES string of the molecule is CC(=O)N[C@@H](Cc1ccc(OP(=O)(OCc2ccccc2)OCc2ccccc2)cc1)C(=O)N[C@@H]1CCCCc2cc(OCC3CCCCC3)c(C(N)=O)cc21. The first-order valence-electron chi connectivity index (χ1n) is 19.6. The Labute approximate surface area is 329 Å². The van der Waals surface area contributed by atoms with Gasteiger partial charge in [-0.15, -0.1) is 0 Å². The molecule has 3 amide bonds. The molecule has 296 valence electrons. The average Bonchev–Trinajstić information content (AvgIpc) is 3.41. The molecule has 2 aliphatic rings. The molecule has 2 atom stereocenters. The van der Waals surface area contributed by atoms with Gasteiger partial charge in [-0.2, -0.15) is 0 Å². The summed E-state index contributed by atoms with van der Waals surface area (Å²) in [5.74, 6) is -0.0742. The van der Waals surface area contributed by atoms with Crippen LogP contribution >= 0.6 is 7.82 Å². The summed E-state index contributed by atoms with van der Waals surface area (Å²) in [5, 5.41) is 5.97. The van der Waals surface area contributed by atoms with E-state index in [0.29, 0.717) is 30.3 Å². The van der Waals surface area contributed by atoms with Crippen molar-refractivity contribution in [1.29, 1.82) is 0 Å². The quantitative estimate of drug-likeness (QED) is 0.0714. The van der Waals surface area contributed by atoms with Crippen molar-refractivity contribution >= 4 is 25.5 Å². The van der Waals surface area contributed by atoms with Crippen molar-refractivity contribution in [3.63, 3.8) is 0 Å². The predicted molar refractivity (Wildman–Crippen MR) is 214 cm³/mol. The van der Waals surface area contributed by atoms with E-state index in [-0.39, 0.29) is 37.2 Å². The summed E-state index contributed by atoms with van der Waals surface area (Å²) in [6.45, 7) is 1.95. The molecule has 0 bridgehead atoms. The number of amides is 3. The molecule has 4 aromatic carbocycles. The first kappa shape index (κ1) is 40.7. The van der Waals surface area contributed by atoms with Crippen LogP contribution in [0.3, 0.4) is 0 Å². The highest BCUT2D eigenvalue weighted by Gasteiger charge is 2.31. The highest BCUT2D eigenvalue weighted by Crippen LogP contribution is 2.51. The number of phosphoric ester groups is 1. The Balaban J connectivity index is 1.14. The Morgan fingerprint density at radius 2 is 1.41 bits per heavy atom. The van der Waals surface area contributed by atoms with Crippen LogP contribution in [0, 0.1) is 5.92 Å². The summed E-state index contributed by atoms with van der Waals surface area (Å²) in [7, 11) is -4.08. The van der Waals surface area contributed by atoms with Gasteiger partial charge in [0.1, 0.15) is 17.5 Å². The largest absolute Gasteiger partial charge is 0.530 e. The van der Waals surface area contributed by atoms with Gasteiger partial charge in [0.15, 0.2) is 0 Å². The minimum atomic E-state index is -4.08. The molecule has 1 fully saturated rings. The molecule has 4 aromatic rings. The van der Waals surface area contributed by atoms with E-state index in [4.69, 9.17) is 24.0 Å². The van der Waals surface area contributed by atoms with Crippen LogP contribution in [-0.2, 0) is 49.3 Å². The van der Waals surface area contributed by atoms with E-state index in [1.54, 1.807) is 30.3 Å². The Hall–Kier alpha value is -4.96. The number of primary amides is 1. The van der Waals surface area contributed by atoms with Crippen LogP contribution in [0.25, 0.3) is 0 Å². The maximum atomic E-state index is 13.9. The highest BCUT2D eigenvalue weighted by molar-refractivity contribution is 7.48. The van der Waals surface area contributed by atoms with Crippen molar-refractivity contribution in [2.24, 2.45) is 11.7 Å². The maximum Gasteiger partial charge on any atom is 0.530 e. The molecule has 1 saturated carbocycles. The third-order valence-electron chi connectivity index (χ3n) is 10.3. The number of ether oxygens (including phenoxy) is 1. The molecular weight excluding hydrogens is 729 g/mol. The third kappa shape index (κ3) is 11.8. The second kappa shape index (κ2) is 19.8. The lowest BCUT2D eigenvalue weighted by molar-refractivity contribution is -0.128. The number of rotatable bonds is 17. The van der Waals surface area contributed by atoms with Crippen molar-refractivity contribution in [2.75, 3.05) is 6.61 Å². The molecule has 0 heterocycles. The average molecular weight is 782 g/mol. The molecule has 11 nitrogen and oxygen atoms in total. The zero-order chi connectivity index (χ0) is 39.3. The Kier molecular flexibility index (Phi) is 14.4. The van der Waals surface area contributed by atoms with Crippen LogP contribution < -0.4 is 25.6 Å². The number of phosphoric acid groups is 1. The van der Waals surface area contributed by atoms with Gasteiger partial charge >= 0.3 is 7.82 Å². The molecule has 2 aliphatic carbocycles. The van der Waals surface area contributed by atoms with Crippen molar-refractivity contribution in [1.82, 2.24) is 10.6 Å². The highest BCUT2D eigenvalue weighted by atomic mass is 31.2. The Bertz CT molecular complexity index is 1920. The fourth-order valence-corrected chi connectivity index (χ4v) is 8.52. The van der Waals surface area contributed by atoms with E-state index in [9.17, 15) is 18.9 Å². The number of aryl methyl sites for hydroxylation is 1. The summed E-state index contributed by atoms with van der Waals surface area (Å²) in [5.41, 5.74) is 10.4. The number of hydrogen-bond donors (Lipinski definition) is 3. The van der Waals surface area contributed by atoms with E-state index in [1.165, 1.54) is 26.2 Å². The summed E-state index contributed by atoms with van der Waals surface area (Å²) >= 11 is 0. The standard InChI is InChI=1S/C44H52N3O8P/c1-31(48)46-41(44(50)47-40-20-12-11-19-36-26-42(39(43(45)49)27-38(36)40)52-28-33-13-5-2-6-14-33)25-32-21-23-37(24-22-32)55-56(51,53-29-34-15-7-3-8-16-34)54-30-35-17-9-4-10-18-35/h3-4,7-10,15-18,21-24,26-27,33,40-41H,2,5-6,11-14,19-20,25,28-30H2,1H3,(H2,45,49)(H,46,48)(H,47,50)/t40-,41+/m1/s1. The number of carbonyl (C=O) groups is 3. The monoisotopic (exact) mass is 781 g/mol. The summed E-state index contributed by atoms with van der Waals surface area (Å²) < 4.78 is 37.5. The van der Waals surface area contributed by atoms with Crippen molar-refractivity contribution in [3.05, 3.63) is 130 Å². The smallest absolute Gasteiger partial charge is 0.492 e. The summed E-state index contributed by atoms with van der Waals surface area (Å²) in [6, 6.07) is 27.8. The third-order valence-corrected chi connectivity index (χ3v) is 11.7. The van der Waals surface area contributed by atoms with Crippen LogP contribution in [0.5, 0.6) is 11.5 Å². The van der Waals surface area contributed by atoms with Gasteiger partial charge in [-0.1, -0.05) is 98.5 Å². The van der Waals surface area contributed by atoms with Crippen molar-refractivity contribution in [3.8, 4) is 11.5 Å². The van der Waals surface area contributed by atoms with Crippen LogP contribution in [0.1, 0.15) is 103 Å². The first-order valence-corrected chi connectivity index (χ1v) is 21.0. The Morgan fingerprint density at radius 3 is 2.02 bits per heavy atom. The lowest BCUT2D eigenvalue weighted by Crippen LogP contribution is -2.48. The lowest BCUT2D eigenvalue weighted by Gasteiger charge is -2.26. The van der Waals surface area contributed by atoms with Crippen LogP contribution in [0.2, 0.25) is 0 Å². The van der Waals surface area contributed by atoms with Gasteiger partial charge in [0.2, 0.25) is 11.8 Å². The molecule has 0 saturated heterocycles. The van der Waals surface area contributed by atoms with E-state index in [2.05, 4.69) is 10.6 Å². The Morgan fingerprint density at radius 1 is 0.786 bits per heavy atom. The van der Waals surface area contributed by atoms with E-state index >= 15 is 0 Å². The number of fused-ring (bicyclic) bond motifs is 1. The first-order chi connectivity index (χ1) is 27.1. The van der Waals surface area contributed by atoms with Gasteiger partial charge in [-0.05, 0) is 90.1 Å². The number of benzene rings is 4. The molecular formula is C44H52N3O8P. The van der Waals surface area contributed by atoms with Gasteiger partial charge in [0.25, 0.3) is 5.91 Å². The second-order valence-electron chi connectivity index (χ2n) is 14.7. The molecule has 0 aliphatic heterocycles. The predicted octanol–water partition coefficient (Wildman–Crippen LogP) is 8.30. The van der Waals surface area contributed by atoms with Crippen molar-refractivity contribution in [2.45, 2.75) is 96.4 Å². The fourth-order valence-electron chi connectivity index (χ4n) is 7.35. The molecule has 6 rings (SSSR count). The van der Waals surface area contributed by atoms with Crippen LogP contribution in [0.15, 0.2) is 97.1 Å². The van der Waals surface area contributed by atoms with Gasteiger partial charge in [0, 0.05) is 13.3 Å². The number of hydrogen-bond acceptors (Lipinski definition) is 8. The van der Waals surface area contributed by atoms with E-state index in [0.717, 1.165) is 59.9 Å². The molecule has 12 heteroatoms. The van der Waals surface area contributed by atoms with Crippen LogP contribution in [-0.4, -0.2) is 30.4 Å².